The second-order valence-electron chi connectivity index (χ2n) is 5.06. The maximum atomic E-state index is 3.89. The highest BCUT2D eigenvalue weighted by Crippen LogP contribution is 2.21. The Labute approximate surface area is 111 Å². The molecule has 2 heteroatoms. The average Bonchev–Trinajstić information content (AvgIpc) is 2.42. The van der Waals surface area contributed by atoms with Crippen molar-refractivity contribution in [1.29, 1.82) is 0 Å². The maximum absolute atomic E-state index is 3.89. The lowest BCUT2D eigenvalue weighted by Gasteiger charge is -2.40. The van der Waals surface area contributed by atoms with Gasteiger partial charge in [-0.1, -0.05) is 49.8 Å². The van der Waals surface area contributed by atoms with E-state index in [0.29, 0.717) is 12.1 Å². The van der Waals surface area contributed by atoms with Crippen molar-refractivity contribution in [2.75, 3.05) is 19.6 Å². The number of hydrogen-bond donors (Lipinski definition) is 1. The lowest BCUT2D eigenvalue weighted by Crippen LogP contribution is -2.52. The van der Waals surface area contributed by atoms with Crippen molar-refractivity contribution in [3.63, 3.8) is 0 Å². The molecule has 1 aliphatic heterocycles. The summed E-state index contributed by atoms with van der Waals surface area (Å²) in [7, 11) is 0. The molecule has 1 aromatic rings. The summed E-state index contributed by atoms with van der Waals surface area (Å²) in [6, 6.07) is 11.9. The van der Waals surface area contributed by atoms with E-state index >= 15 is 0 Å². The predicted molar refractivity (Wildman–Crippen MR) is 77.7 cm³/mol. The fourth-order valence-electron chi connectivity index (χ4n) is 2.77. The van der Waals surface area contributed by atoms with Gasteiger partial charge in [0.25, 0.3) is 0 Å². The number of nitrogens with zero attached hydrogens (tertiary/aromatic N) is 1. The lowest BCUT2D eigenvalue weighted by atomic mass is 10.00. The van der Waals surface area contributed by atoms with E-state index in [1.54, 1.807) is 0 Å². The molecule has 1 fully saturated rings. The van der Waals surface area contributed by atoms with Crippen LogP contribution in [-0.4, -0.2) is 30.6 Å². The van der Waals surface area contributed by atoms with Crippen LogP contribution in [0.1, 0.15) is 31.4 Å². The summed E-state index contributed by atoms with van der Waals surface area (Å²) in [5, 5.41) is 3.68. The molecule has 0 spiro atoms. The molecular formula is C16H24N2. The SMILES string of the molecule is C=CCN1CC(c2ccccc2)NCC1CCC. The molecule has 2 nitrogen and oxygen atoms in total. The Balaban J connectivity index is 2.03. The van der Waals surface area contributed by atoms with Crippen LogP contribution >= 0.6 is 0 Å². The molecule has 0 bridgehead atoms. The van der Waals surface area contributed by atoms with Gasteiger partial charge in [0.15, 0.2) is 0 Å². The van der Waals surface area contributed by atoms with Crippen LogP contribution in [-0.2, 0) is 0 Å². The van der Waals surface area contributed by atoms with Crippen LogP contribution in [0.15, 0.2) is 43.0 Å². The molecule has 0 amide bonds. The van der Waals surface area contributed by atoms with Gasteiger partial charge < -0.3 is 5.32 Å². The Morgan fingerprint density at radius 1 is 1.39 bits per heavy atom. The minimum absolute atomic E-state index is 0.458. The quantitative estimate of drug-likeness (QED) is 0.801. The summed E-state index contributed by atoms with van der Waals surface area (Å²) in [5.41, 5.74) is 1.39. The molecule has 1 aliphatic rings. The van der Waals surface area contributed by atoms with Crippen molar-refractivity contribution in [3.8, 4) is 0 Å². The Kier molecular flexibility index (Phi) is 4.97. The third-order valence-corrected chi connectivity index (χ3v) is 3.72. The van der Waals surface area contributed by atoms with E-state index in [1.807, 2.05) is 6.08 Å². The van der Waals surface area contributed by atoms with Gasteiger partial charge in [-0.05, 0) is 12.0 Å². The molecule has 1 aromatic carbocycles. The Bertz CT molecular complexity index is 361. The Morgan fingerprint density at radius 3 is 2.83 bits per heavy atom. The zero-order chi connectivity index (χ0) is 12.8. The summed E-state index contributed by atoms with van der Waals surface area (Å²) in [6.07, 6.45) is 4.54. The van der Waals surface area contributed by atoms with Crippen molar-refractivity contribution in [2.24, 2.45) is 0 Å². The standard InChI is InChI=1S/C16H24N2/c1-3-8-15-12-17-16(13-18(15)11-4-2)14-9-6-5-7-10-14/h4-7,9-10,15-17H,2-3,8,11-13H2,1H3. The van der Waals surface area contributed by atoms with Gasteiger partial charge in [0.05, 0.1) is 0 Å². The number of piperazine rings is 1. The largest absolute Gasteiger partial charge is 0.307 e. The number of hydrogen-bond acceptors (Lipinski definition) is 2. The zero-order valence-corrected chi connectivity index (χ0v) is 11.3. The Morgan fingerprint density at radius 2 is 2.17 bits per heavy atom. The second kappa shape index (κ2) is 6.72. The summed E-state index contributed by atoms with van der Waals surface area (Å²) < 4.78 is 0. The van der Waals surface area contributed by atoms with Crippen molar-refractivity contribution in [1.82, 2.24) is 10.2 Å². The van der Waals surface area contributed by atoms with Gasteiger partial charge in [-0.3, -0.25) is 4.90 Å². The van der Waals surface area contributed by atoms with Crippen molar-refractivity contribution in [3.05, 3.63) is 48.6 Å². The van der Waals surface area contributed by atoms with Crippen LogP contribution < -0.4 is 5.32 Å². The van der Waals surface area contributed by atoms with Gasteiger partial charge >= 0.3 is 0 Å². The van der Waals surface area contributed by atoms with Crippen molar-refractivity contribution >= 4 is 0 Å². The fourth-order valence-corrected chi connectivity index (χ4v) is 2.77. The Hall–Kier alpha value is -1.12. The molecule has 2 rings (SSSR count). The number of rotatable bonds is 5. The molecule has 18 heavy (non-hydrogen) atoms. The minimum atomic E-state index is 0.458. The van der Waals surface area contributed by atoms with E-state index in [4.69, 9.17) is 0 Å². The molecule has 1 N–H and O–H groups in total. The van der Waals surface area contributed by atoms with Crippen LogP contribution in [0.25, 0.3) is 0 Å². The summed E-state index contributed by atoms with van der Waals surface area (Å²) in [6.45, 7) is 9.31. The van der Waals surface area contributed by atoms with Crippen LogP contribution in [0.3, 0.4) is 0 Å². The van der Waals surface area contributed by atoms with Crippen LogP contribution in [0.4, 0.5) is 0 Å². The molecule has 0 aromatic heterocycles. The van der Waals surface area contributed by atoms with E-state index in [-0.39, 0.29) is 0 Å². The highest BCUT2D eigenvalue weighted by molar-refractivity contribution is 5.20. The number of nitrogens with one attached hydrogen (secondary N) is 1. The molecule has 98 valence electrons. The van der Waals surface area contributed by atoms with Gasteiger partial charge in [0.1, 0.15) is 0 Å². The van der Waals surface area contributed by atoms with E-state index in [2.05, 4.69) is 54.1 Å². The summed E-state index contributed by atoms with van der Waals surface area (Å²) in [5.74, 6) is 0. The van der Waals surface area contributed by atoms with E-state index in [1.165, 1.54) is 18.4 Å². The lowest BCUT2D eigenvalue weighted by molar-refractivity contribution is 0.137. The van der Waals surface area contributed by atoms with Gasteiger partial charge in [0, 0.05) is 31.7 Å². The highest BCUT2D eigenvalue weighted by atomic mass is 15.2. The van der Waals surface area contributed by atoms with Crippen molar-refractivity contribution in [2.45, 2.75) is 31.8 Å². The van der Waals surface area contributed by atoms with Crippen LogP contribution in [0, 0.1) is 0 Å². The van der Waals surface area contributed by atoms with Crippen molar-refractivity contribution < 1.29 is 0 Å². The molecule has 2 atom stereocenters. The summed E-state index contributed by atoms with van der Waals surface area (Å²) in [4.78, 5) is 2.56. The number of benzene rings is 1. The topological polar surface area (TPSA) is 15.3 Å². The first-order valence-electron chi connectivity index (χ1n) is 6.98. The predicted octanol–water partition coefficient (Wildman–Crippen LogP) is 2.99. The molecule has 1 heterocycles. The summed E-state index contributed by atoms with van der Waals surface area (Å²) >= 11 is 0. The molecule has 0 radical (unpaired) electrons. The highest BCUT2D eigenvalue weighted by Gasteiger charge is 2.26. The van der Waals surface area contributed by atoms with Gasteiger partial charge in [-0.25, -0.2) is 0 Å². The van der Waals surface area contributed by atoms with Crippen LogP contribution in [0.5, 0.6) is 0 Å². The third-order valence-electron chi connectivity index (χ3n) is 3.72. The first kappa shape index (κ1) is 13.3. The first-order chi connectivity index (χ1) is 8.85. The molecular weight excluding hydrogens is 220 g/mol. The fraction of sp³-hybridized carbons (Fsp3) is 0.500. The molecule has 0 aliphatic carbocycles. The maximum Gasteiger partial charge on any atom is 0.0450 e. The van der Waals surface area contributed by atoms with E-state index < -0.39 is 0 Å². The van der Waals surface area contributed by atoms with E-state index in [9.17, 15) is 0 Å². The minimum Gasteiger partial charge on any atom is -0.307 e. The van der Waals surface area contributed by atoms with Gasteiger partial charge in [-0.15, -0.1) is 6.58 Å². The normalized spacial score (nSPS) is 24.9. The second-order valence-corrected chi connectivity index (χ2v) is 5.06. The van der Waals surface area contributed by atoms with E-state index in [0.717, 1.165) is 19.6 Å². The molecule has 1 saturated heterocycles. The molecule has 2 unspecified atom stereocenters. The monoisotopic (exact) mass is 244 g/mol. The first-order valence-corrected chi connectivity index (χ1v) is 6.98. The van der Waals surface area contributed by atoms with Gasteiger partial charge in [-0.2, -0.15) is 0 Å². The average molecular weight is 244 g/mol. The smallest absolute Gasteiger partial charge is 0.0450 e. The third kappa shape index (κ3) is 3.21. The van der Waals surface area contributed by atoms with Crippen LogP contribution in [0.2, 0.25) is 0 Å². The molecule has 0 saturated carbocycles. The zero-order valence-electron chi connectivity index (χ0n) is 11.3. The van der Waals surface area contributed by atoms with Gasteiger partial charge in [0.2, 0.25) is 0 Å².